The average Bonchev–Trinajstić information content (AvgIpc) is 2.43. The van der Waals surface area contributed by atoms with Gasteiger partial charge in [0.05, 0.1) is 15.7 Å². The molecule has 0 bridgehead atoms. The first-order valence-corrected chi connectivity index (χ1v) is 8.18. The molecule has 112 valence electrons. The summed E-state index contributed by atoms with van der Waals surface area (Å²) in [6.45, 7) is 5.87. The third kappa shape index (κ3) is 3.62. The fraction of sp³-hybridized carbons (Fsp3) is 0.286. The van der Waals surface area contributed by atoms with Crippen LogP contribution in [-0.4, -0.2) is 9.97 Å². The summed E-state index contributed by atoms with van der Waals surface area (Å²) in [7, 11) is 0. The van der Waals surface area contributed by atoms with Crippen LogP contribution < -0.4 is 5.32 Å². The minimum atomic E-state index is 0.174. The molecule has 21 heavy (non-hydrogen) atoms. The van der Waals surface area contributed by atoms with E-state index in [0.717, 1.165) is 10.0 Å². The minimum absolute atomic E-state index is 0.174. The summed E-state index contributed by atoms with van der Waals surface area (Å²) in [6, 6.07) is 3.64. The molecular formula is C14H13BrCl3N3. The summed E-state index contributed by atoms with van der Waals surface area (Å²) in [5.41, 5.74) is 1.42. The average molecular weight is 410 g/mol. The molecule has 0 aliphatic heterocycles. The van der Waals surface area contributed by atoms with Crippen molar-refractivity contribution in [3.05, 3.63) is 43.2 Å². The molecule has 1 N–H and O–H groups in total. The van der Waals surface area contributed by atoms with Gasteiger partial charge in [0.1, 0.15) is 16.8 Å². The molecule has 1 aromatic heterocycles. The van der Waals surface area contributed by atoms with Gasteiger partial charge in [-0.1, -0.05) is 48.7 Å². The van der Waals surface area contributed by atoms with E-state index < -0.39 is 0 Å². The molecule has 0 atom stereocenters. The molecule has 0 unspecified atom stereocenters. The maximum Gasteiger partial charge on any atom is 0.138 e. The Bertz CT molecular complexity index is 690. The fourth-order valence-corrected chi connectivity index (χ4v) is 2.63. The van der Waals surface area contributed by atoms with Gasteiger partial charge in [-0.2, -0.15) is 0 Å². The molecule has 0 amide bonds. The number of hydrogen-bond donors (Lipinski definition) is 1. The molecular weight excluding hydrogens is 396 g/mol. The second kappa shape index (κ2) is 6.69. The highest BCUT2D eigenvalue weighted by Crippen LogP contribution is 2.37. The molecule has 1 heterocycles. The second-order valence-electron chi connectivity index (χ2n) is 4.85. The predicted molar refractivity (Wildman–Crippen MR) is 93.3 cm³/mol. The van der Waals surface area contributed by atoms with Gasteiger partial charge >= 0.3 is 0 Å². The highest BCUT2D eigenvalue weighted by molar-refractivity contribution is 9.10. The Kier molecular flexibility index (Phi) is 5.36. The number of nitrogens with one attached hydrogen (secondary N) is 1. The number of nitrogens with zero attached hydrogens (tertiary/aromatic N) is 2. The second-order valence-corrected chi connectivity index (χ2v) is 6.82. The third-order valence-corrected chi connectivity index (χ3v) is 5.05. The molecule has 3 nitrogen and oxygen atoms in total. The standard InChI is InChI=1S/C14H13BrCl3N3/c1-6(2)13-20-12(18)7(3)14(21-13)19-9-5-4-8(15)10(16)11(9)17/h4-6H,1-3H3,(H,19,20,21). The number of halogens is 4. The number of benzene rings is 1. The maximum absolute atomic E-state index is 6.24. The minimum Gasteiger partial charge on any atom is -0.339 e. The zero-order valence-corrected chi connectivity index (χ0v) is 15.5. The van der Waals surface area contributed by atoms with Gasteiger partial charge in [0.2, 0.25) is 0 Å². The Morgan fingerprint density at radius 2 is 1.76 bits per heavy atom. The Morgan fingerprint density at radius 3 is 2.38 bits per heavy atom. The molecule has 0 saturated carbocycles. The van der Waals surface area contributed by atoms with E-state index in [1.807, 2.05) is 32.9 Å². The van der Waals surface area contributed by atoms with Crippen molar-refractivity contribution in [2.75, 3.05) is 5.32 Å². The summed E-state index contributed by atoms with van der Waals surface area (Å²) in [6.07, 6.45) is 0. The van der Waals surface area contributed by atoms with E-state index in [0.29, 0.717) is 32.5 Å². The first-order valence-electron chi connectivity index (χ1n) is 6.25. The van der Waals surface area contributed by atoms with Gasteiger partial charge in [-0.25, -0.2) is 9.97 Å². The zero-order chi connectivity index (χ0) is 15.7. The molecule has 0 radical (unpaired) electrons. The molecule has 0 saturated heterocycles. The van der Waals surface area contributed by atoms with Crippen LogP contribution in [0.5, 0.6) is 0 Å². The summed E-state index contributed by atoms with van der Waals surface area (Å²) in [5.74, 6) is 1.47. The Balaban J connectivity index is 2.47. The topological polar surface area (TPSA) is 37.8 Å². The largest absolute Gasteiger partial charge is 0.339 e. The lowest BCUT2D eigenvalue weighted by Gasteiger charge is -2.14. The normalized spacial score (nSPS) is 11.0. The van der Waals surface area contributed by atoms with Gasteiger partial charge in [0.15, 0.2) is 0 Å². The predicted octanol–water partition coefficient (Wildman–Crippen LogP) is 6.37. The van der Waals surface area contributed by atoms with Crippen LogP contribution >= 0.6 is 50.7 Å². The summed E-state index contributed by atoms with van der Waals surface area (Å²) < 4.78 is 0.736. The van der Waals surface area contributed by atoms with E-state index in [4.69, 9.17) is 34.8 Å². The van der Waals surface area contributed by atoms with Crippen molar-refractivity contribution in [2.45, 2.75) is 26.7 Å². The van der Waals surface area contributed by atoms with E-state index in [1.165, 1.54) is 0 Å². The van der Waals surface area contributed by atoms with Gasteiger partial charge in [-0.3, -0.25) is 0 Å². The van der Waals surface area contributed by atoms with E-state index in [2.05, 4.69) is 31.2 Å². The number of aromatic nitrogens is 2. The molecule has 0 fully saturated rings. The first-order chi connectivity index (χ1) is 9.81. The van der Waals surface area contributed by atoms with Crippen molar-refractivity contribution in [3.63, 3.8) is 0 Å². The van der Waals surface area contributed by atoms with Crippen LogP contribution in [0.4, 0.5) is 11.5 Å². The van der Waals surface area contributed by atoms with Crippen molar-refractivity contribution >= 4 is 62.2 Å². The van der Waals surface area contributed by atoms with E-state index in [9.17, 15) is 0 Å². The zero-order valence-electron chi connectivity index (χ0n) is 11.6. The molecule has 1 aromatic carbocycles. The lowest BCUT2D eigenvalue weighted by molar-refractivity contribution is 0.773. The smallest absolute Gasteiger partial charge is 0.138 e. The van der Waals surface area contributed by atoms with E-state index >= 15 is 0 Å². The lowest BCUT2D eigenvalue weighted by Crippen LogP contribution is -2.05. The van der Waals surface area contributed by atoms with Crippen LogP contribution in [0.3, 0.4) is 0 Å². The van der Waals surface area contributed by atoms with Crippen LogP contribution in [0.15, 0.2) is 16.6 Å². The molecule has 7 heteroatoms. The van der Waals surface area contributed by atoms with Crippen LogP contribution in [0.25, 0.3) is 0 Å². The monoisotopic (exact) mass is 407 g/mol. The van der Waals surface area contributed by atoms with Gasteiger partial charge in [-0.15, -0.1) is 0 Å². The summed E-state index contributed by atoms with van der Waals surface area (Å²) >= 11 is 21.9. The van der Waals surface area contributed by atoms with E-state index in [1.54, 1.807) is 0 Å². The Hall–Kier alpha value is -0.550. The first kappa shape index (κ1) is 16.8. The van der Waals surface area contributed by atoms with E-state index in [-0.39, 0.29) is 5.92 Å². The van der Waals surface area contributed by atoms with Crippen molar-refractivity contribution in [1.82, 2.24) is 9.97 Å². The Morgan fingerprint density at radius 1 is 1.10 bits per heavy atom. The van der Waals surface area contributed by atoms with Crippen LogP contribution in [0, 0.1) is 6.92 Å². The fourth-order valence-electron chi connectivity index (χ4n) is 1.64. The summed E-state index contributed by atoms with van der Waals surface area (Å²) in [4.78, 5) is 8.78. The van der Waals surface area contributed by atoms with Crippen molar-refractivity contribution in [2.24, 2.45) is 0 Å². The quantitative estimate of drug-likeness (QED) is 0.472. The van der Waals surface area contributed by atoms with Gasteiger partial charge in [-0.05, 0) is 35.0 Å². The van der Waals surface area contributed by atoms with Crippen molar-refractivity contribution in [1.29, 1.82) is 0 Å². The highest BCUT2D eigenvalue weighted by atomic mass is 79.9. The molecule has 0 spiro atoms. The number of rotatable bonds is 3. The van der Waals surface area contributed by atoms with Gasteiger partial charge in [0.25, 0.3) is 0 Å². The van der Waals surface area contributed by atoms with Gasteiger partial charge < -0.3 is 5.32 Å². The molecule has 0 aliphatic carbocycles. The molecule has 2 aromatic rings. The maximum atomic E-state index is 6.24. The van der Waals surface area contributed by atoms with Crippen molar-refractivity contribution < 1.29 is 0 Å². The summed E-state index contributed by atoms with van der Waals surface area (Å²) in [5, 5.41) is 4.47. The highest BCUT2D eigenvalue weighted by Gasteiger charge is 2.14. The lowest BCUT2D eigenvalue weighted by atomic mass is 10.2. The van der Waals surface area contributed by atoms with Crippen molar-refractivity contribution in [3.8, 4) is 0 Å². The number of anilines is 2. The Labute approximate surface area is 147 Å². The van der Waals surface area contributed by atoms with Crippen LogP contribution in [-0.2, 0) is 0 Å². The SMILES string of the molecule is Cc1c(Cl)nc(C(C)C)nc1Nc1ccc(Br)c(Cl)c1Cl. The molecule has 0 aliphatic rings. The van der Waals surface area contributed by atoms with Crippen LogP contribution in [0.2, 0.25) is 15.2 Å². The number of hydrogen-bond acceptors (Lipinski definition) is 3. The van der Waals surface area contributed by atoms with Gasteiger partial charge in [0, 0.05) is 16.0 Å². The van der Waals surface area contributed by atoms with Crippen LogP contribution in [0.1, 0.15) is 31.2 Å². The molecule has 2 rings (SSSR count). The third-order valence-electron chi connectivity index (χ3n) is 2.91.